The third kappa shape index (κ3) is 5.92. The first-order valence-corrected chi connectivity index (χ1v) is 10.5. The number of nitrogens with zero attached hydrogens (tertiary/aromatic N) is 3. The quantitative estimate of drug-likeness (QED) is 0.702. The first-order valence-electron chi connectivity index (χ1n) is 10.5. The maximum Gasteiger partial charge on any atom is 0.416 e. The maximum absolute atomic E-state index is 12.9. The van der Waals surface area contributed by atoms with Gasteiger partial charge in [-0.15, -0.1) is 0 Å². The van der Waals surface area contributed by atoms with E-state index in [1.807, 2.05) is 0 Å². The van der Waals surface area contributed by atoms with Gasteiger partial charge in [0.25, 0.3) is 0 Å². The minimum atomic E-state index is -4.45. The van der Waals surface area contributed by atoms with Gasteiger partial charge >= 0.3 is 12.3 Å². The minimum Gasteiger partial charge on any atom is -0.444 e. The Hall–Kier alpha value is -2.78. The van der Waals surface area contributed by atoms with Gasteiger partial charge in [0.2, 0.25) is 11.8 Å². The summed E-state index contributed by atoms with van der Waals surface area (Å²) in [6, 6.07) is 4.86. The molecule has 0 saturated carbocycles. The molecule has 1 unspecified atom stereocenters. The highest BCUT2D eigenvalue weighted by atomic mass is 19.4. The number of ether oxygens (including phenoxy) is 1. The first kappa shape index (κ1) is 23.9. The van der Waals surface area contributed by atoms with Crippen molar-refractivity contribution in [1.82, 2.24) is 14.7 Å². The molecule has 2 heterocycles. The summed E-state index contributed by atoms with van der Waals surface area (Å²) in [5.74, 6) is -0.969. The first-order chi connectivity index (χ1) is 14.8. The smallest absolute Gasteiger partial charge is 0.416 e. The molecular formula is C22H28F3N3O4. The number of hydrogen-bond donors (Lipinski definition) is 0. The van der Waals surface area contributed by atoms with Gasteiger partial charge in [0.1, 0.15) is 5.60 Å². The molecule has 176 valence electrons. The van der Waals surface area contributed by atoms with Crippen molar-refractivity contribution in [3.05, 3.63) is 35.4 Å². The number of benzene rings is 1. The Kier molecular flexibility index (Phi) is 6.71. The van der Waals surface area contributed by atoms with Crippen LogP contribution in [0.4, 0.5) is 18.0 Å². The number of carbonyl (C=O) groups excluding carboxylic acids is 3. The van der Waals surface area contributed by atoms with Crippen LogP contribution in [-0.2, 0) is 27.0 Å². The third-order valence-corrected chi connectivity index (χ3v) is 5.43. The molecule has 7 nitrogen and oxygen atoms in total. The van der Waals surface area contributed by atoms with Gasteiger partial charge in [-0.1, -0.05) is 12.1 Å². The second-order valence-electron chi connectivity index (χ2n) is 9.17. The molecule has 0 radical (unpaired) electrons. The minimum absolute atomic E-state index is 0.0267. The largest absolute Gasteiger partial charge is 0.444 e. The molecular weight excluding hydrogens is 427 g/mol. The summed E-state index contributed by atoms with van der Waals surface area (Å²) < 4.78 is 44.1. The zero-order valence-electron chi connectivity index (χ0n) is 18.4. The molecule has 1 aromatic rings. The van der Waals surface area contributed by atoms with Crippen molar-refractivity contribution in [2.75, 3.05) is 32.7 Å². The van der Waals surface area contributed by atoms with Crippen molar-refractivity contribution in [1.29, 1.82) is 0 Å². The van der Waals surface area contributed by atoms with Gasteiger partial charge in [-0.2, -0.15) is 13.2 Å². The van der Waals surface area contributed by atoms with Crippen molar-refractivity contribution in [2.24, 2.45) is 5.92 Å². The molecule has 0 aromatic heterocycles. The molecule has 32 heavy (non-hydrogen) atoms. The highest BCUT2D eigenvalue weighted by Gasteiger charge is 2.38. The fourth-order valence-electron chi connectivity index (χ4n) is 3.85. The average molecular weight is 455 g/mol. The number of rotatable bonds is 3. The Morgan fingerprint density at radius 1 is 1.06 bits per heavy atom. The summed E-state index contributed by atoms with van der Waals surface area (Å²) >= 11 is 0. The van der Waals surface area contributed by atoms with E-state index in [4.69, 9.17) is 4.74 Å². The summed E-state index contributed by atoms with van der Waals surface area (Å²) in [6.45, 7) is 6.92. The summed E-state index contributed by atoms with van der Waals surface area (Å²) in [7, 11) is 0. The van der Waals surface area contributed by atoms with Crippen molar-refractivity contribution >= 4 is 17.9 Å². The lowest BCUT2D eigenvalue weighted by Crippen LogP contribution is -2.53. The van der Waals surface area contributed by atoms with Gasteiger partial charge in [-0.25, -0.2) is 4.79 Å². The zero-order valence-corrected chi connectivity index (χ0v) is 18.4. The summed E-state index contributed by atoms with van der Waals surface area (Å²) in [6.07, 6.45) is -4.84. The molecule has 0 bridgehead atoms. The molecule has 0 N–H and O–H groups in total. The third-order valence-electron chi connectivity index (χ3n) is 5.43. The van der Waals surface area contributed by atoms with Crippen molar-refractivity contribution in [3.63, 3.8) is 0 Å². The number of likely N-dealkylation sites (tertiary alicyclic amines) is 1. The molecule has 2 aliphatic heterocycles. The monoisotopic (exact) mass is 455 g/mol. The highest BCUT2D eigenvalue weighted by Crippen LogP contribution is 2.30. The van der Waals surface area contributed by atoms with Crippen LogP contribution in [0.2, 0.25) is 0 Å². The van der Waals surface area contributed by atoms with Crippen LogP contribution in [0.5, 0.6) is 0 Å². The molecule has 3 amide bonds. The summed E-state index contributed by atoms with van der Waals surface area (Å²) in [5.41, 5.74) is -0.999. The Balaban J connectivity index is 1.54. The average Bonchev–Trinajstić information content (AvgIpc) is 3.06. The predicted octanol–water partition coefficient (Wildman–Crippen LogP) is 3.13. The lowest BCUT2D eigenvalue weighted by Gasteiger charge is -2.36. The van der Waals surface area contributed by atoms with Crippen molar-refractivity contribution in [2.45, 2.75) is 45.5 Å². The van der Waals surface area contributed by atoms with E-state index in [0.29, 0.717) is 31.7 Å². The molecule has 10 heteroatoms. The molecule has 2 fully saturated rings. The standard InChI is InChI=1S/C22H28F3N3O4/c1-21(2,3)32-20(31)27-9-7-26(8-10-27)19(30)16-12-18(29)28(14-16)13-15-5-4-6-17(11-15)22(23,24)25/h4-6,11,16H,7-10,12-14H2,1-3H3. The van der Waals surface area contributed by atoms with E-state index in [0.717, 1.165) is 12.1 Å². The van der Waals surface area contributed by atoms with Gasteiger partial charge in [0.15, 0.2) is 0 Å². The van der Waals surface area contributed by atoms with Crippen LogP contribution in [0.25, 0.3) is 0 Å². The van der Waals surface area contributed by atoms with E-state index >= 15 is 0 Å². The van der Waals surface area contributed by atoms with E-state index in [9.17, 15) is 27.6 Å². The predicted molar refractivity (Wildman–Crippen MR) is 109 cm³/mol. The van der Waals surface area contributed by atoms with E-state index in [1.54, 1.807) is 30.6 Å². The van der Waals surface area contributed by atoms with E-state index in [2.05, 4.69) is 0 Å². The van der Waals surface area contributed by atoms with Gasteiger partial charge in [0, 0.05) is 45.7 Å². The number of halogens is 3. The van der Waals surface area contributed by atoms with Gasteiger partial charge in [-0.05, 0) is 38.5 Å². The van der Waals surface area contributed by atoms with Crippen LogP contribution in [0.3, 0.4) is 0 Å². The Morgan fingerprint density at radius 3 is 2.28 bits per heavy atom. The van der Waals surface area contributed by atoms with Crippen molar-refractivity contribution in [3.8, 4) is 0 Å². The van der Waals surface area contributed by atoms with Gasteiger partial charge in [0.05, 0.1) is 11.5 Å². The Bertz CT molecular complexity index is 874. The molecule has 1 atom stereocenters. The lowest BCUT2D eigenvalue weighted by molar-refractivity contribution is -0.138. The number of hydrogen-bond acceptors (Lipinski definition) is 4. The molecule has 1 aromatic carbocycles. The molecule has 2 aliphatic rings. The highest BCUT2D eigenvalue weighted by molar-refractivity contribution is 5.89. The molecule has 0 aliphatic carbocycles. The number of carbonyl (C=O) groups is 3. The van der Waals surface area contributed by atoms with Crippen LogP contribution in [-0.4, -0.2) is 70.9 Å². The second-order valence-corrected chi connectivity index (χ2v) is 9.17. The molecule has 3 rings (SSSR count). The molecule has 0 spiro atoms. The van der Waals surface area contributed by atoms with Gasteiger partial charge in [-0.3, -0.25) is 9.59 Å². The van der Waals surface area contributed by atoms with Gasteiger partial charge < -0.3 is 19.4 Å². The number of amides is 3. The fourth-order valence-corrected chi connectivity index (χ4v) is 3.85. The van der Waals surface area contributed by atoms with Crippen LogP contribution in [0.1, 0.15) is 38.3 Å². The van der Waals surface area contributed by atoms with E-state index in [-0.39, 0.29) is 31.3 Å². The fraction of sp³-hybridized carbons (Fsp3) is 0.591. The van der Waals surface area contributed by atoms with Crippen molar-refractivity contribution < 1.29 is 32.3 Å². The van der Waals surface area contributed by atoms with E-state index < -0.39 is 29.4 Å². The summed E-state index contributed by atoms with van der Waals surface area (Å²) in [4.78, 5) is 42.1. The summed E-state index contributed by atoms with van der Waals surface area (Å²) in [5, 5.41) is 0. The van der Waals surface area contributed by atoms with E-state index in [1.165, 1.54) is 17.0 Å². The Labute approximate surface area is 185 Å². The van der Waals surface area contributed by atoms with Crippen LogP contribution < -0.4 is 0 Å². The van der Waals surface area contributed by atoms with Crippen LogP contribution >= 0.6 is 0 Å². The van der Waals surface area contributed by atoms with Crippen LogP contribution in [0, 0.1) is 5.92 Å². The second kappa shape index (κ2) is 8.99. The lowest BCUT2D eigenvalue weighted by atomic mass is 10.1. The Morgan fingerprint density at radius 2 is 1.69 bits per heavy atom. The molecule has 2 saturated heterocycles. The SMILES string of the molecule is CC(C)(C)OC(=O)N1CCN(C(=O)C2CC(=O)N(Cc3cccc(C(F)(F)F)c3)C2)CC1. The van der Waals surface area contributed by atoms with Crippen LogP contribution in [0.15, 0.2) is 24.3 Å². The zero-order chi connectivity index (χ0) is 23.7. The number of piperazine rings is 1. The maximum atomic E-state index is 12.9. The topological polar surface area (TPSA) is 70.2 Å². The normalized spacial score (nSPS) is 20.0. The number of alkyl halides is 3.